The van der Waals surface area contributed by atoms with Gasteiger partial charge in [0.05, 0.1) is 40.8 Å². The van der Waals surface area contributed by atoms with Crippen molar-refractivity contribution in [2.75, 3.05) is 74.4 Å². The number of likely N-dealkylation sites (tertiary alicyclic amines) is 2. The number of carbonyl (C=O) groups is 5. The number of anilines is 3. The van der Waals surface area contributed by atoms with Gasteiger partial charge in [-0.1, -0.05) is 57.2 Å². The summed E-state index contributed by atoms with van der Waals surface area (Å²) in [6.45, 7) is 14.4. The van der Waals surface area contributed by atoms with Crippen LogP contribution in [0.4, 0.5) is 22.7 Å². The summed E-state index contributed by atoms with van der Waals surface area (Å²) in [4.78, 5) is 84.9. The number of piperidine rings is 1. The molecule has 18 nitrogen and oxygen atoms in total. The van der Waals surface area contributed by atoms with E-state index >= 15 is 0 Å². The smallest absolute Gasteiger partial charge is 0.255 e. The number of nitrogens with one attached hydrogen (secondary N) is 4. The number of benzene rings is 4. The number of halogens is 1. The average Bonchev–Trinajstić information content (AvgIpc) is 4.02. The molecule has 20 heteroatoms. The molecule has 3 fully saturated rings. The number of amides is 5. The third kappa shape index (κ3) is 15.4. The fraction of sp³-hybridized carbons (Fsp3) is 0.411. The Morgan fingerprint density at radius 3 is 2.04 bits per heavy atom. The number of aliphatic hydroxyl groups is 1. The van der Waals surface area contributed by atoms with E-state index in [-0.39, 0.29) is 80.4 Å². The van der Waals surface area contributed by atoms with Crippen molar-refractivity contribution >= 4 is 82.0 Å². The molecule has 3 aliphatic rings. The number of nitrogens with zero attached hydrogens (tertiary/aromatic N) is 6. The van der Waals surface area contributed by atoms with Crippen molar-refractivity contribution in [3.63, 3.8) is 0 Å². The predicted molar refractivity (Wildman–Crippen MR) is 302 cm³/mol. The Morgan fingerprint density at radius 2 is 1.42 bits per heavy atom. The van der Waals surface area contributed by atoms with Crippen LogP contribution >= 0.6 is 23.7 Å². The number of β-amino-alcohol motifs (C(OH)–C–C–N with tert-alkyl or cyclic N) is 1. The highest BCUT2D eigenvalue weighted by molar-refractivity contribution is 7.13. The number of aryl methyl sites for hydroxylation is 1. The minimum Gasteiger partial charge on any atom is -0.391 e. The van der Waals surface area contributed by atoms with Crippen LogP contribution in [0.5, 0.6) is 0 Å². The third-order valence-electron chi connectivity index (χ3n) is 14.2. The van der Waals surface area contributed by atoms with Crippen LogP contribution in [-0.2, 0) is 32.1 Å². The Balaban J connectivity index is 0.00000840. The minimum absolute atomic E-state index is 0. The molecule has 9 N–H and O–H groups in total. The van der Waals surface area contributed by atoms with Crippen molar-refractivity contribution in [1.82, 2.24) is 30.3 Å². The van der Waals surface area contributed by atoms with Gasteiger partial charge in [-0.15, -0.1) is 23.7 Å². The minimum atomic E-state index is -0.883. The first-order valence-electron chi connectivity index (χ1n) is 25.7. The van der Waals surface area contributed by atoms with Gasteiger partial charge >= 0.3 is 0 Å². The SMILES string of the molecule is Cc1ncsc1-c1ccc(CNC(=O)[C@@H]2C[C@@H](O)CN2C(=O)[C@@H](NC(=O)CN2CCC(CN3CCN(c4ccc(NC(=O)Cc5ccc(NC(=O)c6ccc(N=C(N)N)cc6)cc5)cc4)CC3)CC2)C(C)(C)C)cc1.Cl. The lowest BCUT2D eigenvalue weighted by atomic mass is 9.85. The van der Waals surface area contributed by atoms with Crippen LogP contribution in [0, 0.1) is 18.3 Å². The highest BCUT2D eigenvalue weighted by atomic mass is 35.5. The fourth-order valence-electron chi connectivity index (χ4n) is 9.96. The second-order valence-corrected chi connectivity index (χ2v) is 21.8. The molecule has 4 heterocycles. The van der Waals surface area contributed by atoms with Gasteiger partial charge in [-0.25, -0.2) is 9.98 Å². The predicted octanol–water partition coefficient (Wildman–Crippen LogP) is 5.52. The maximum absolute atomic E-state index is 14.2. The third-order valence-corrected chi connectivity index (χ3v) is 15.1. The summed E-state index contributed by atoms with van der Waals surface area (Å²) >= 11 is 1.58. The quantitative estimate of drug-likeness (QED) is 0.0450. The standard InChI is InChI=1S/C56H70N12O6S.ClH/c1-36-50(75-35-60-36)40-9-5-38(6-10-40)31-59-53(73)47-30-46(69)33-68(47)54(74)51(56(2,3)4)64-49(71)34-65-23-21-39(22-24-65)32-66-25-27-67(28-26-66)45-19-17-42(18-20-45)61-48(70)29-37-7-13-43(14-8-37)62-52(72)41-11-15-44(16-12-41)63-55(57)58;/h5-20,35,39,46-47,51,69H,21-34H2,1-4H3,(H,59,73)(H,61,70)(H,62,72)(H,64,71)(H4,57,58,63);1H/t46-,47+,51-;/m1./s1. The molecule has 3 saturated heterocycles. The molecule has 3 atom stereocenters. The van der Waals surface area contributed by atoms with E-state index in [1.165, 1.54) is 4.90 Å². The number of rotatable bonds is 17. The van der Waals surface area contributed by atoms with Gasteiger partial charge in [0, 0.05) is 74.9 Å². The number of aliphatic imine (C=N–C) groups is 1. The zero-order chi connectivity index (χ0) is 53.2. The molecule has 5 aromatic rings. The highest BCUT2D eigenvalue weighted by Gasteiger charge is 2.44. The van der Waals surface area contributed by atoms with E-state index in [0.717, 1.165) is 97.3 Å². The van der Waals surface area contributed by atoms with E-state index in [1.54, 1.807) is 47.7 Å². The van der Waals surface area contributed by atoms with Gasteiger partial charge in [-0.2, -0.15) is 0 Å². The van der Waals surface area contributed by atoms with Crippen molar-refractivity contribution in [2.45, 2.75) is 78.1 Å². The highest BCUT2D eigenvalue weighted by Crippen LogP contribution is 2.29. The molecule has 8 rings (SSSR count). The van der Waals surface area contributed by atoms with Crippen LogP contribution < -0.4 is 37.6 Å². The molecule has 5 amide bonds. The molecule has 0 bridgehead atoms. The second kappa shape index (κ2) is 25.8. The van der Waals surface area contributed by atoms with Gasteiger partial charge in [0.25, 0.3) is 5.91 Å². The zero-order valence-electron chi connectivity index (χ0n) is 43.7. The first-order valence-corrected chi connectivity index (χ1v) is 26.6. The Bertz CT molecular complexity index is 2800. The fourth-order valence-corrected chi connectivity index (χ4v) is 10.8. The van der Waals surface area contributed by atoms with E-state index in [1.807, 2.05) is 93.9 Å². The van der Waals surface area contributed by atoms with Gasteiger partial charge in [0.1, 0.15) is 12.1 Å². The number of carbonyl (C=O) groups excluding carboxylic acids is 5. The number of aromatic nitrogens is 1. The monoisotopic (exact) mass is 1070 g/mol. The summed E-state index contributed by atoms with van der Waals surface area (Å²) in [5.74, 6) is -0.898. The van der Waals surface area contributed by atoms with E-state index in [2.05, 4.69) is 45.9 Å². The average molecular weight is 1080 g/mol. The van der Waals surface area contributed by atoms with Crippen molar-refractivity contribution in [2.24, 2.45) is 27.8 Å². The van der Waals surface area contributed by atoms with Gasteiger partial charge in [0.15, 0.2) is 5.96 Å². The van der Waals surface area contributed by atoms with E-state index in [4.69, 9.17) is 11.5 Å². The van der Waals surface area contributed by atoms with Crippen molar-refractivity contribution < 1.29 is 29.1 Å². The van der Waals surface area contributed by atoms with Crippen molar-refractivity contribution in [3.05, 3.63) is 125 Å². The molecule has 76 heavy (non-hydrogen) atoms. The number of aliphatic hydroxyl groups excluding tert-OH is 1. The molecule has 0 unspecified atom stereocenters. The molecule has 4 aromatic carbocycles. The molecule has 1 aromatic heterocycles. The van der Waals surface area contributed by atoms with Crippen LogP contribution in [0.15, 0.2) is 108 Å². The normalized spacial score (nSPS) is 17.8. The summed E-state index contributed by atoms with van der Waals surface area (Å²) < 4.78 is 0. The topological polar surface area (TPSA) is 244 Å². The zero-order valence-corrected chi connectivity index (χ0v) is 45.3. The molecule has 0 spiro atoms. The molecular weight excluding hydrogens is 1000 g/mol. The summed E-state index contributed by atoms with van der Waals surface area (Å²) in [5.41, 5.74) is 19.2. The Hall–Kier alpha value is -6.90. The summed E-state index contributed by atoms with van der Waals surface area (Å²) in [5, 5.41) is 22.5. The molecular formula is C56H71ClN12O6S. The number of hydrogen-bond donors (Lipinski definition) is 7. The summed E-state index contributed by atoms with van der Waals surface area (Å²) in [6, 6.07) is 27.9. The first kappa shape index (κ1) is 56.8. The van der Waals surface area contributed by atoms with Crippen molar-refractivity contribution in [3.8, 4) is 10.4 Å². The summed E-state index contributed by atoms with van der Waals surface area (Å²) in [6.07, 6.45) is 1.42. The molecule has 0 aliphatic carbocycles. The van der Waals surface area contributed by atoms with Crippen LogP contribution in [0.25, 0.3) is 10.4 Å². The molecule has 3 aliphatic heterocycles. The lowest BCUT2D eigenvalue weighted by molar-refractivity contribution is -0.144. The number of guanidine groups is 1. The van der Waals surface area contributed by atoms with Gasteiger partial charge in [0.2, 0.25) is 23.6 Å². The van der Waals surface area contributed by atoms with E-state index < -0.39 is 23.6 Å². The number of piperazine rings is 1. The van der Waals surface area contributed by atoms with E-state index in [0.29, 0.717) is 22.9 Å². The number of hydrogen-bond acceptors (Lipinski definition) is 12. The lowest BCUT2D eigenvalue weighted by Gasteiger charge is -2.40. The molecule has 0 saturated carbocycles. The molecule has 404 valence electrons. The lowest BCUT2D eigenvalue weighted by Crippen LogP contribution is -2.59. The van der Waals surface area contributed by atoms with Crippen LogP contribution in [0.2, 0.25) is 0 Å². The van der Waals surface area contributed by atoms with Crippen molar-refractivity contribution in [1.29, 1.82) is 0 Å². The number of thiazole rings is 1. The van der Waals surface area contributed by atoms with Crippen LogP contribution in [0.3, 0.4) is 0 Å². The second-order valence-electron chi connectivity index (χ2n) is 21.0. The Kier molecular flexibility index (Phi) is 19.3. The molecule has 0 radical (unpaired) electrons. The van der Waals surface area contributed by atoms with Gasteiger partial charge in [-0.05, 0) is 122 Å². The maximum Gasteiger partial charge on any atom is 0.255 e. The first-order chi connectivity index (χ1) is 35.9. The number of nitrogens with two attached hydrogens (primary N) is 2. The largest absolute Gasteiger partial charge is 0.391 e. The van der Waals surface area contributed by atoms with E-state index in [9.17, 15) is 29.1 Å². The van der Waals surface area contributed by atoms with Gasteiger partial charge in [-0.3, -0.25) is 33.8 Å². The Morgan fingerprint density at radius 1 is 0.789 bits per heavy atom. The van der Waals surface area contributed by atoms with Crippen LogP contribution in [0.1, 0.15) is 67.2 Å². The van der Waals surface area contributed by atoms with Gasteiger partial charge < -0.3 is 47.6 Å². The summed E-state index contributed by atoms with van der Waals surface area (Å²) in [7, 11) is 0. The maximum atomic E-state index is 14.2. The Labute approximate surface area is 455 Å². The van der Waals surface area contributed by atoms with Crippen LogP contribution in [-0.4, -0.2) is 137 Å².